The molecule has 0 saturated heterocycles. The lowest BCUT2D eigenvalue weighted by Gasteiger charge is -2.14. The van der Waals surface area contributed by atoms with E-state index in [9.17, 15) is 5.11 Å². The fraction of sp³-hybridized carbons (Fsp3) is 0.500. The van der Waals surface area contributed by atoms with Crippen LogP contribution in [0.3, 0.4) is 0 Å². The van der Waals surface area contributed by atoms with Crippen LogP contribution < -0.4 is 10.1 Å². The Morgan fingerprint density at radius 3 is 3.00 bits per heavy atom. The van der Waals surface area contributed by atoms with E-state index < -0.39 is 6.10 Å². The first-order valence-corrected chi connectivity index (χ1v) is 9.06. The van der Waals surface area contributed by atoms with Crippen molar-refractivity contribution in [1.82, 2.24) is 10.3 Å². The summed E-state index contributed by atoms with van der Waals surface area (Å²) in [6.07, 6.45) is 3.13. The summed E-state index contributed by atoms with van der Waals surface area (Å²) in [5, 5.41) is 14.8. The van der Waals surface area contributed by atoms with E-state index in [2.05, 4.69) is 10.3 Å². The van der Waals surface area contributed by atoms with E-state index in [0.29, 0.717) is 6.54 Å². The average Bonchev–Trinajstić information content (AvgIpc) is 3.08. The van der Waals surface area contributed by atoms with E-state index in [0.717, 1.165) is 29.3 Å². The number of aromatic nitrogens is 1. The van der Waals surface area contributed by atoms with Crippen molar-refractivity contribution in [3.63, 3.8) is 0 Å². The first kappa shape index (κ1) is 16.4. The van der Waals surface area contributed by atoms with Crippen LogP contribution in [0, 0.1) is 0 Å². The van der Waals surface area contributed by atoms with Crippen LogP contribution in [0.1, 0.15) is 47.5 Å². The largest absolute Gasteiger partial charge is 0.491 e. The minimum atomic E-state index is -0.544. The molecule has 0 radical (unpaired) electrons. The molecule has 0 bridgehead atoms. The number of hydrogen-bond donors (Lipinski definition) is 2. The number of rotatable bonds is 7. The molecule has 1 unspecified atom stereocenters. The lowest BCUT2D eigenvalue weighted by Crippen LogP contribution is -2.21. The van der Waals surface area contributed by atoms with Gasteiger partial charge in [-0.05, 0) is 50.8 Å². The molecule has 1 atom stereocenters. The van der Waals surface area contributed by atoms with Crippen LogP contribution >= 0.6 is 11.3 Å². The highest BCUT2D eigenvalue weighted by molar-refractivity contribution is 7.11. The highest BCUT2D eigenvalue weighted by Gasteiger charge is 2.16. The fourth-order valence-corrected chi connectivity index (χ4v) is 3.95. The van der Waals surface area contributed by atoms with Crippen LogP contribution in [0.15, 0.2) is 24.3 Å². The molecule has 1 aromatic heterocycles. The summed E-state index contributed by atoms with van der Waals surface area (Å²) >= 11 is 1.80. The van der Waals surface area contributed by atoms with E-state index in [1.165, 1.54) is 23.4 Å². The first-order valence-electron chi connectivity index (χ1n) is 8.24. The van der Waals surface area contributed by atoms with Gasteiger partial charge in [-0.25, -0.2) is 4.98 Å². The number of fused-ring (bicyclic) bond motifs is 1. The number of ether oxygens (including phenoxy) is 1. The van der Waals surface area contributed by atoms with Crippen molar-refractivity contribution in [3.8, 4) is 5.75 Å². The fourth-order valence-electron chi connectivity index (χ4n) is 2.82. The number of aliphatic hydroxyl groups is 1. The molecule has 1 aromatic carbocycles. The molecule has 2 aromatic rings. The van der Waals surface area contributed by atoms with E-state index in [1.807, 2.05) is 38.1 Å². The second-order valence-electron chi connectivity index (χ2n) is 6.22. The molecular formula is C18H24N2O2S. The van der Waals surface area contributed by atoms with Crippen LogP contribution in [0.5, 0.6) is 5.75 Å². The third kappa shape index (κ3) is 4.31. The molecule has 0 fully saturated rings. The van der Waals surface area contributed by atoms with E-state index in [-0.39, 0.29) is 6.10 Å². The number of aryl methyl sites for hydroxylation is 2. The molecule has 3 rings (SSSR count). The smallest absolute Gasteiger partial charge is 0.120 e. The molecule has 5 heteroatoms. The van der Waals surface area contributed by atoms with Gasteiger partial charge in [0.25, 0.3) is 0 Å². The Labute approximate surface area is 141 Å². The maximum atomic E-state index is 10.3. The van der Waals surface area contributed by atoms with Gasteiger partial charge in [-0.1, -0.05) is 12.1 Å². The second-order valence-corrected chi connectivity index (χ2v) is 7.38. The van der Waals surface area contributed by atoms with Crippen LogP contribution in [-0.2, 0) is 19.4 Å². The van der Waals surface area contributed by atoms with E-state index in [4.69, 9.17) is 4.74 Å². The highest BCUT2D eigenvalue weighted by atomic mass is 32.1. The van der Waals surface area contributed by atoms with Gasteiger partial charge >= 0.3 is 0 Å². The van der Waals surface area contributed by atoms with Crippen molar-refractivity contribution in [3.05, 3.63) is 45.4 Å². The highest BCUT2D eigenvalue weighted by Crippen LogP contribution is 2.27. The summed E-state index contributed by atoms with van der Waals surface area (Å²) < 4.78 is 5.67. The third-order valence-electron chi connectivity index (χ3n) is 3.87. The third-order valence-corrected chi connectivity index (χ3v) is 5.03. The average molecular weight is 332 g/mol. The molecule has 1 heterocycles. The lowest BCUT2D eigenvalue weighted by atomic mass is 10.1. The van der Waals surface area contributed by atoms with Crippen LogP contribution in [0.2, 0.25) is 0 Å². The van der Waals surface area contributed by atoms with Gasteiger partial charge in [0, 0.05) is 18.0 Å². The standard InChI is InChI=1S/C18H24N2O2S/c1-12(2)22-14-6-3-5-13(9-14)16(21)10-19-11-18-20-15-7-4-8-17(15)23-18/h3,5-6,9,12,16,19,21H,4,7-8,10-11H2,1-2H3. The maximum Gasteiger partial charge on any atom is 0.120 e. The SMILES string of the molecule is CC(C)Oc1cccc(C(O)CNCc2nc3c(s2)CCC3)c1. The quantitative estimate of drug-likeness (QED) is 0.817. The Morgan fingerprint density at radius 2 is 2.22 bits per heavy atom. The molecular weight excluding hydrogens is 308 g/mol. The number of aliphatic hydroxyl groups excluding tert-OH is 1. The number of hydrogen-bond acceptors (Lipinski definition) is 5. The van der Waals surface area contributed by atoms with Crippen LogP contribution in [0.25, 0.3) is 0 Å². The summed E-state index contributed by atoms with van der Waals surface area (Å²) in [4.78, 5) is 6.11. The summed E-state index contributed by atoms with van der Waals surface area (Å²) in [7, 11) is 0. The Balaban J connectivity index is 1.51. The Morgan fingerprint density at radius 1 is 1.35 bits per heavy atom. The van der Waals surface area contributed by atoms with Crippen LogP contribution in [0.4, 0.5) is 0 Å². The van der Waals surface area contributed by atoms with Gasteiger partial charge in [0.2, 0.25) is 0 Å². The molecule has 0 aliphatic heterocycles. The van der Waals surface area contributed by atoms with Crippen molar-refractivity contribution in [1.29, 1.82) is 0 Å². The topological polar surface area (TPSA) is 54.4 Å². The number of nitrogens with one attached hydrogen (secondary N) is 1. The summed E-state index contributed by atoms with van der Waals surface area (Å²) in [6.45, 7) is 5.22. The molecule has 1 aliphatic carbocycles. The number of thiazole rings is 1. The zero-order chi connectivity index (χ0) is 16.2. The van der Waals surface area contributed by atoms with Crippen molar-refractivity contribution in [2.24, 2.45) is 0 Å². The first-order chi connectivity index (χ1) is 11.1. The summed E-state index contributed by atoms with van der Waals surface area (Å²) in [5.74, 6) is 0.799. The Kier molecular flexibility index (Phi) is 5.30. The minimum absolute atomic E-state index is 0.132. The molecule has 0 spiro atoms. The number of nitrogens with zero attached hydrogens (tertiary/aromatic N) is 1. The molecule has 124 valence electrons. The van der Waals surface area contributed by atoms with E-state index >= 15 is 0 Å². The minimum Gasteiger partial charge on any atom is -0.491 e. The van der Waals surface area contributed by atoms with Gasteiger partial charge in [-0.2, -0.15) is 0 Å². The van der Waals surface area contributed by atoms with Crippen LogP contribution in [-0.4, -0.2) is 22.7 Å². The van der Waals surface area contributed by atoms with Crippen molar-refractivity contribution < 1.29 is 9.84 Å². The number of benzene rings is 1. The summed E-state index contributed by atoms with van der Waals surface area (Å²) in [6, 6.07) is 7.67. The van der Waals surface area contributed by atoms with E-state index in [1.54, 1.807) is 11.3 Å². The van der Waals surface area contributed by atoms with Gasteiger partial charge in [-0.15, -0.1) is 11.3 Å². The predicted molar refractivity (Wildman–Crippen MR) is 93.0 cm³/mol. The maximum absolute atomic E-state index is 10.3. The van der Waals surface area contributed by atoms with Gasteiger partial charge in [-0.3, -0.25) is 0 Å². The normalized spacial score (nSPS) is 15.0. The molecule has 0 saturated carbocycles. The second kappa shape index (κ2) is 7.43. The Hall–Kier alpha value is -1.43. The molecule has 4 nitrogen and oxygen atoms in total. The predicted octanol–water partition coefficient (Wildman–Crippen LogP) is 3.24. The lowest BCUT2D eigenvalue weighted by molar-refractivity contribution is 0.173. The van der Waals surface area contributed by atoms with Gasteiger partial charge in [0.05, 0.1) is 17.9 Å². The van der Waals surface area contributed by atoms with Crippen molar-refractivity contribution >= 4 is 11.3 Å². The molecule has 1 aliphatic rings. The van der Waals surface area contributed by atoms with Crippen molar-refractivity contribution in [2.45, 2.75) is 51.9 Å². The zero-order valence-corrected chi connectivity index (χ0v) is 14.5. The summed E-state index contributed by atoms with van der Waals surface area (Å²) in [5.41, 5.74) is 2.16. The van der Waals surface area contributed by atoms with Gasteiger partial charge in [0.15, 0.2) is 0 Å². The van der Waals surface area contributed by atoms with Crippen molar-refractivity contribution in [2.75, 3.05) is 6.54 Å². The Bertz CT molecular complexity index is 633. The van der Waals surface area contributed by atoms with Gasteiger partial charge < -0.3 is 15.2 Å². The molecule has 23 heavy (non-hydrogen) atoms. The molecule has 0 amide bonds. The van der Waals surface area contributed by atoms with Gasteiger partial charge in [0.1, 0.15) is 10.8 Å². The molecule has 2 N–H and O–H groups in total. The monoisotopic (exact) mass is 332 g/mol. The zero-order valence-electron chi connectivity index (χ0n) is 13.7.